The molecule has 2 amide bonds. The number of benzene rings is 2. The van der Waals surface area contributed by atoms with Crippen LogP contribution in [0.25, 0.3) is 0 Å². The lowest BCUT2D eigenvalue weighted by molar-refractivity contribution is -0.954. The first-order valence-electron chi connectivity index (χ1n) is 10.7. The molecule has 4 nitrogen and oxygen atoms in total. The fourth-order valence-corrected chi connectivity index (χ4v) is 4.97. The van der Waals surface area contributed by atoms with Crippen molar-refractivity contribution in [1.82, 2.24) is 5.32 Å². The van der Waals surface area contributed by atoms with Crippen LogP contribution in [0, 0.1) is 0 Å². The van der Waals surface area contributed by atoms with E-state index in [1.54, 1.807) is 4.90 Å². The number of anilines is 1. The van der Waals surface area contributed by atoms with Gasteiger partial charge in [0.2, 0.25) is 0 Å². The Labute approximate surface area is 168 Å². The van der Waals surface area contributed by atoms with E-state index in [0.717, 1.165) is 25.1 Å². The highest BCUT2D eigenvalue weighted by molar-refractivity contribution is 5.89. The molecule has 148 valence electrons. The van der Waals surface area contributed by atoms with Crippen molar-refractivity contribution in [1.29, 1.82) is 0 Å². The summed E-state index contributed by atoms with van der Waals surface area (Å²) in [7, 11) is 0. The number of fused-ring (bicyclic) bond motifs is 2. The predicted octanol–water partition coefficient (Wildman–Crippen LogP) is 3.71. The van der Waals surface area contributed by atoms with Crippen molar-refractivity contribution in [2.45, 2.75) is 70.1 Å². The van der Waals surface area contributed by atoms with Gasteiger partial charge in [0, 0.05) is 43.0 Å². The van der Waals surface area contributed by atoms with Crippen LogP contribution in [0.5, 0.6) is 0 Å². The second-order valence-electron chi connectivity index (χ2n) is 8.75. The first-order chi connectivity index (χ1) is 13.6. The number of piperidine rings is 1. The Morgan fingerprint density at radius 2 is 1.64 bits per heavy atom. The molecule has 2 saturated heterocycles. The third-order valence-electron chi connectivity index (χ3n) is 6.47. The third kappa shape index (κ3) is 4.39. The van der Waals surface area contributed by atoms with Crippen molar-refractivity contribution in [3.63, 3.8) is 0 Å². The lowest BCUT2D eigenvalue weighted by Gasteiger charge is -2.36. The van der Waals surface area contributed by atoms with Crippen LogP contribution in [0.1, 0.15) is 56.6 Å². The SMILES string of the molecule is CC(C)c1ccc(NC(=O)NC2C[C@H]3CC[C@H](C2)[NH+]3Cc2ccccc2)cc1. The summed E-state index contributed by atoms with van der Waals surface area (Å²) >= 11 is 0. The van der Waals surface area contributed by atoms with Crippen molar-refractivity contribution >= 4 is 11.7 Å². The van der Waals surface area contributed by atoms with E-state index in [0.29, 0.717) is 18.0 Å². The molecular weight excluding hydrogens is 346 g/mol. The molecule has 4 heteroatoms. The number of amides is 2. The molecule has 0 aromatic heterocycles. The van der Waals surface area contributed by atoms with E-state index in [1.165, 1.54) is 24.0 Å². The highest BCUT2D eigenvalue weighted by atomic mass is 16.2. The second-order valence-corrected chi connectivity index (χ2v) is 8.75. The summed E-state index contributed by atoms with van der Waals surface area (Å²) in [5.74, 6) is 0.502. The van der Waals surface area contributed by atoms with E-state index >= 15 is 0 Å². The summed E-state index contributed by atoms with van der Waals surface area (Å²) in [5.41, 5.74) is 3.57. The van der Waals surface area contributed by atoms with Crippen LogP contribution in [0.4, 0.5) is 10.5 Å². The van der Waals surface area contributed by atoms with Crippen LogP contribution in [0.3, 0.4) is 0 Å². The minimum absolute atomic E-state index is 0.0757. The Kier molecular flexibility index (Phi) is 5.67. The third-order valence-corrected chi connectivity index (χ3v) is 6.47. The Bertz CT molecular complexity index is 773. The average molecular weight is 379 g/mol. The summed E-state index contributed by atoms with van der Waals surface area (Å²) in [6.07, 6.45) is 4.73. The quantitative estimate of drug-likeness (QED) is 0.730. The molecule has 2 aliphatic rings. The van der Waals surface area contributed by atoms with Gasteiger partial charge in [-0.15, -0.1) is 0 Å². The molecule has 2 aromatic rings. The minimum atomic E-state index is -0.0757. The number of carbonyl (C=O) groups excluding carboxylic acids is 1. The zero-order chi connectivity index (χ0) is 19.5. The molecule has 2 heterocycles. The Morgan fingerprint density at radius 1 is 1.00 bits per heavy atom. The van der Waals surface area contributed by atoms with Crippen LogP contribution in [-0.2, 0) is 6.54 Å². The molecule has 0 spiro atoms. The van der Waals surface area contributed by atoms with E-state index in [1.807, 2.05) is 12.1 Å². The zero-order valence-corrected chi connectivity index (χ0v) is 16.9. The largest absolute Gasteiger partial charge is 0.335 e. The van der Waals surface area contributed by atoms with Crippen molar-refractivity contribution in [3.05, 3.63) is 65.7 Å². The van der Waals surface area contributed by atoms with Crippen LogP contribution in [0.2, 0.25) is 0 Å². The van der Waals surface area contributed by atoms with E-state index in [-0.39, 0.29) is 12.1 Å². The van der Waals surface area contributed by atoms with Crippen LogP contribution >= 0.6 is 0 Å². The summed E-state index contributed by atoms with van der Waals surface area (Å²) in [6.45, 7) is 5.46. The molecule has 4 rings (SSSR count). The van der Waals surface area contributed by atoms with Gasteiger partial charge in [-0.2, -0.15) is 0 Å². The van der Waals surface area contributed by atoms with Crippen molar-refractivity contribution in [2.75, 3.05) is 5.32 Å². The number of carbonyl (C=O) groups is 1. The Hall–Kier alpha value is -2.33. The molecule has 0 saturated carbocycles. The number of urea groups is 1. The normalized spacial score (nSPS) is 26.2. The monoisotopic (exact) mass is 378 g/mol. The van der Waals surface area contributed by atoms with Crippen molar-refractivity contribution in [2.24, 2.45) is 0 Å². The molecule has 2 bridgehead atoms. The fraction of sp³-hybridized carbons (Fsp3) is 0.458. The number of hydrogen-bond acceptors (Lipinski definition) is 1. The zero-order valence-electron chi connectivity index (χ0n) is 16.9. The fourth-order valence-electron chi connectivity index (χ4n) is 4.97. The summed E-state index contributed by atoms with van der Waals surface area (Å²) in [4.78, 5) is 14.2. The molecular formula is C24H32N3O+. The van der Waals surface area contributed by atoms with Gasteiger partial charge in [-0.3, -0.25) is 0 Å². The first kappa shape index (κ1) is 19.0. The number of quaternary nitrogens is 1. The number of nitrogens with one attached hydrogen (secondary N) is 3. The van der Waals surface area contributed by atoms with Gasteiger partial charge in [0.05, 0.1) is 12.1 Å². The van der Waals surface area contributed by atoms with Gasteiger partial charge in [-0.1, -0.05) is 56.3 Å². The summed E-state index contributed by atoms with van der Waals surface area (Å²) < 4.78 is 0. The molecule has 2 aliphatic heterocycles. The molecule has 0 aliphatic carbocycles. The molecule has 3 N–H and O–H groups in total. The molecule has 0 radical (unpaired) electrons. The maximum Gasteiger partial charge on any atom is 0.319 e. The van der Waals surface area contributed by atoms with Gasteiger partial charge in [-0.05, 0) is 23.6 Å². The van der Waals surface area contributed by atoms with Gasteiger partial charge in [-0.25, -0.2) is 4.79 Å². The van der Waals surface area contributed by atoms with E-state index in [9.17, 15) is 4.79 Å². The number of rotatable bonds is 5. The van der Waals surface area contributed by atoms with E-state index in [4.69, 9.17) is 0 Å². The van der Waals surface area contributed by atoms with Gasteiger partial charge in [0.1, 0.15) is 6.54 Å². The molecule has 2 atom stereocenters. The standard InChI is InChI=1S/C24H31N3O/c1-17(2)19-8-10-20(11-9-19)25-24(28)26-21-14-22-12-13-23(15-21)27(22)16-18-6-4-3-5-7-18/h3-11,17,21-23H,12-16H2,1-2H3,(H2,25,26,28)/p+1/t22-,23-/m1/s1. The molecule has 28 heavy (non-hydrogen) atoms. The maximum atomic E-state index is 12.5. The Morgan fingerprint density at radius 3 is 2.25 bits per heavy atom. The lowest BCUT2D eigenvalue weighted by Crippen LogP contribution is -3.17. The maximum absolute atomic E-state index is 12.5. The summed E-state index contributed by atoms with van der Waals surface area (Å²) in [6, 6.07) is 20.5. The van der Waals surface area contributed by atoms with Crippen molar-refractivity contribution < 1.29 is 9.69 Å². The topological polar surface area (TPSA) is 45.6 Å². The molecule has 0 unspecified atom stereocenters. The Balaban J connectivity index is 1.30. The van der Waals surface area contributed by atoms with E-state index < -0.39 is 0 Å². The second kappa shape index (κ2) is 8.36. The smallest absolute Gasteiger partial charge is 0.319 e. The average Bonchev–Trinajstić information content (AvgIpc) is 2.91. The van der Waals surface area contributed by atoms with Crippen LogP contribution in [0.15, 0.2) is 54.6 Å². The van der Waals surface area contributed by atoms with Crippen molar-refractivity contribution in [3.8, 4) is 0 Å². The molecule has 2 aromatic carbocycles. The molecule has 2 fully saturated rings. The van der Waals surface area contributed by atoms with Crippen LogP contribution < -0.4 is 15.5 Å². The van der Waals surface area contributed by atoms with Gasteiger partial charge in [0.25, 0.3) is 0 Å². The minimum Gasteiger partial charge on any atom is -0.335 e. The lowest BCUT2D eigenvalue weighted by atomic mass is 9.96. The number of hydrogen-bond donors (Lipinski definition) is 3. The predicted molar refractivity (Wildman–Crippen MR) is 114 cm³/mol. The van der Waals surface area contributed by atoms with E-state index in [2.05, 4.69) is 66.9 Å². The van der Waals surface area contributed by atoms with Gasteiger partial charge < -0.3 is 15.5 Å². The van der Waals surface area contributed by atoms with Gasteiger partial charge in [0.15, 0.2) is 0 Å². The van der Waals surface area contributed by atoms with Gasteiger partial charge >= 0.3 is 6.03 Å². The highest BCUT2D eigenvalue weighted by Gasteiger charge is 2.44. The summed E-state index contributed by atoms with van der Waals surface area (Å²) in [5, 5.41) is 6.23. The highest BCUT2D eigenvalue weighted by Crippen LogP contribution is 2.24. The van der Waals surface area contributed by atoms with Crippen LogP contribution in [-0.4, -0.2) is 24.2 Å². The first-order valence-corrected chi connectivity index (χ1v) is 10.7.